The third kappa shape index (κ3) is 6.01. The van der Waals surface area contributed by atoms with Crippen molar-refractivity contribution in [1.82, 2.24) is 15.3 Å². The zero-order valence-electron chi connectivity index (χ0n) is 17.4. The molecule has 1 aliphatic rings. The number of nitrogens with two attached hydrogens (primary N) is 1. The van der Waals surface area contributed by atoms with E-state index in [0.717, 1.165) is 24.6 Å². The summed E-state index contributed by atoms with van der Waals surface area (Å²) in [6.45, 7) is 0. The number of nitrogens with one attached hydrogen (secondary N) is 4. The van der Waals surface area contributed by atoms with E-state index in [2.05, 4.69) is 32.0 Å². The zero-order valence-corrected chi connectivity index (χ0v) is 17.4. The highest BCUT2D eigenvalue weighted by atomic mass is 19.1. The molecule has 1 saturated carbocycles. The molecule has 9 nitrogen and oxygen atoms in total. The number of carbonyl (C=O) groups is 1. The maximum absolute atomic E-state index is 13.3. The number of amides is 1. The van der Waals surface area contributed by atoms with Crippen LogP contribution in [0.1, 0.15) is 32.1 Å². The van der Waals surface area contributed by atoms with Gasteiger partial charge < -0.3 is 21.7 Å². The molecule has 1 aliphatic carbocycles. The summed E-state index contributed by atoms with van der Waals surface area (Å²) in [7, 11) is 0. The van der Waals surface area contributed by atoms with Gasteiger partial charge in [0.25, 0.3) is 5.91 Å². The molecule has 3 rings (SSSR count). The normalized spacial score (nSPS) is 20.6. The lowest BCUT2D eigenvalue weighted by Crippen LogP contribution is -2.48. The van der Waals surface area contributed by atoms with E-state index >= 15 is 0 Å². The Hall–Kier alpha value is -4.00. The molecule has 166 valence electrons. The monoisotopic (exact) mass is 436 g/mol. The second-order valence-electron chi connectivity index (χ2n) is 7.71. The fourth-order valence-corrected chi connectivity index (χ4v) is 3.71. The van der Waals surface area contributed by atoms with Crippen LogP contribution in [0, 0.1) is 22.7 Å². The number of halogens is 1. The van der Waals surface area contributed by atoms with Crippen molar-refractivity contribution in [3.8, 4) is 6.07 Å². The Labute approximate surface area is 185 Å². The molecule has 2 aromatic heterocycles. The standard InChI is InChI=1S/C22H25FN8O/c23-19-12-16(5-11-28-19)31-20(25)18(21(26)32)14-29-22(8-9-24)6-3-15(4-7-22)30-17-2-1-10-27-13-17/h1-2,5,10-15,29-30H,3-4,6-8H2,(H2,26,32)(H2,25,28,31)/b18-14+. The third-order valence-electron chi connectivity index (χ3n) is 5.45. The lowest BCUT2D eigenvalue weighted by molar-refractivity contribution is -0.114. The number of hydrogen-bond acceptors (Lipinski definition) is 7. The highest BCUT2D eigenvalue weighted by Crippen LogP contribution is 2.32. The maximum Gasteiger partial charge on any atom is 0.253 e. The first-order valence-electron chi connectivity index (χ1n) is 10.2. The van der Waals surface area contributed by atoms with Crippen LogP contribution in [0.15, 0.2) is 54.6 Å². The van der Waals surface area contributed by atoms with Crippen LogP contribution in [0.5, 0.6) is 0 Å². The van der Waals surface area contributed by atoms with Crippen LogP contribution < -0.4 is 21.7 Å². The molecule has 0 bridgehead atoms. The third-order valence-corrected chi connectivity index (χ3v) is 5.45. The van der Waals surface area contributed by atoms with Gasteiger partial charge in [-0.3, -0.25) is 15.2 Å². The zero-order chi connectivity index (χ0) is 23.0. The number of aromatic nitrogens is 2. The summed E-state index contributed by atoms with van der Waals surface area (Å²) < 4.78 is 13.3. The topological polar surface area (TPSA) is 153 Å². The van der Waals surface area contributed by atoms with Gasteiger partial charge in [0.1, 0.15) is 5.84 Å². The van der Waals surface area contributed by atoms with Crippen molar-refractivity contribution in [3.05, 3.63) is 60.6 Å². The molecule has 32 heavy (non-hydrogen) atoms. The van der Waals surface area contributed by atoms with E-state index in [1.54, 1.807) is 12.4 Å². The Bertz CT molecular complexity index is 1030. The van der Waals surface area contributed by atoms with Crippen molar-refractivity contribution in [3.63, 3.8) is 0 Å². The molecule has 2 heterocycles. The van der Waals surface area contributed by atoms with Gasteiger partial charge in [0.2, 0.25) is 5.95 Å². The molecule has 0 spiro atoms. The highest BCUT2D eigenvalue weighted by Gasteiger charge is 2.35. The number of hydrogen-bond donors (Lipinski definition) is 5. The molecule has 6 N–H and O–H groups in total. The molecular formula is C22H25FN8O. The predicted molar refractivity (Wildman–Crippen MR) is 119 cm³/mol. The smallest absolute Gasteiger partial charge is 0.253 e. The fourth-order valence-electron chi connectivity index (χ4n) is 3.71. The van der Waals surface area contributed by atoms with Crippen LogP contribution in [-0.4, -0.2) is 33.3 Å². The van der Waals surface area contributed by atoms with Crippen LogP contribution in [-0.2, 0) is 4.79 Å². The number of amidine groups is 1. The van der Waals surface area contributed by atoms with Gasteiger partial charge >= 0.3 is 0 Å². The number of nitriles is 1. The average molecular weight is 436 g/mol. The summed E-state index contributed by atoms with van der Waals surface area (Å²) in [6.07, 6.45) is 9.36. The Balaban J connectivity index is 1.67. The first-order chi connectivity index (χ1) is 15.4. The van der Waals surface area contributed by atoms with Gasteiger partial charge in [0.15, 0.2) is 0 Å². The number of rotatable bonds is 8. The van der Waals surface area contributed by atoms with Gasteiger partial charge in [-0.1, -0.05) is 0 Å². The van der Waals surface area contributed by atoms with Gasteiger partial charge in [0.05, 0.1) is 23.8 Å². The van der Waals surface area contributed by atoms with Crippen molar-refractivity contribution in [2.75, 3.05) is 10.6 Å². The second-order valence-corrected chi connectivity index (χ2v) is 7.71. The van der Waals surface area contributed by atoms with E-state index in [0.29, 0.717) is 12.8 Å². The highest BCUT2D eigenvalue weighted by molar-refractivity contribution is 6.23. The van der Waals surface area contributed by atoms with Crippen LogP contribution in [0.3, 0.4) is 0 Å². The van der Waals surface area contributed by atoms with Gasteiger partial charge in [-0.2, -0.15) is 9.65 Å². The van der Waals surface area contributed by atoms with E-state index in [9.17, 15) is 14.4 Å². The molecule has 0 saturated heterocycles. The lowest BCUT2D eigenvalue weighted by Gasteiger charge is -2.39. The molecule has 2 aromatic rings. The van der Waals surface area contributed by atoms with Gasteiger partial charge in [0, 0.05) is 48.1 Å². The summed E-state index contributed by atoms with van der Waals surface area (Å²) in [5, 5.41) is 26.8. The minimum Gasteiger partial charge on any atom is -0.384 e. The summed E-state index contributed by atoms with van der Waals surface area (Å²) in [4.78, 5) is 19.5. The van der Waals surface area contributed by atoms with Crippen molar-refractivity contribution in [2.45, 2.75) is 43.7 Å². The number of anilines is 2. The van der Waals surface area contributed by atoms with E-state index < -0.39 is 17.4 Å². The molecule has 0 aromatic carbocycles. The van der Waals surface area contributed by atoms with Crippen LogP contribution in [0.25, 0.3) is 0 Å². The van der Waals surface area contributed by atoms with E-state index in [1.807, 2.05) is 12.1 Å². The van der Waals surface area contributed by atoms with Crippen molar-refractivity contribution >= 4 is 23.1 Å². The van der Waals surface area contributed by atoms with Crippen LogP contribution in [0.4, 0.5) is 15.8 Å². The Morgan fingerprint density at radius 1 is 1.34 bits per heavy atom. The van der Waals surface area contributed by atoms with E-state index in [-0.39, 0.29) is 29.6 Å². The first kappa shape index (κ1) is 22.7. The molecule has 1 amide bonds. The molecular weight excluding hydrogens is 411 g/mol. The van der Waals surface area contributed by atoms with Crippen molar-refractivity contribution in [1.29, 1.82) is 10.7 Å². The molecule has 10 heteroatoms. The molecule has 0 atom stereocenters. The van der Waals surface area contributed by atoms with Crippen LogP contribution >= 0.6 is 0 Å². The SMILES string of the molecule is N#CCC1(N/C=C(\C(=N)Nc2ccnc(F)c2)C(N)=O)CCC(Nc2cccnc2)CC1. The van der Waals surface area contributed by atoms with Gasteiger partial charge in [-0.25, -0.2) is 4.98 Å². The average Bonchev–Trinajstić information content (AvgIpc) is 2.76. The van der Waals surface area contributed by atoms with Crippen LogP contribution in [0.2, 0.25) is 0 Å². The number of pyridine rings is 2. The Morgan fingerprint density at radius 2 is 2.12 bits per heavy atom. The largest absolute Gasteiger partial charge is 0.384 e. The minimum atomic E-state index is -0.816. The number of primary amides is 1. The molecule has 0 aliphatic heterocycles. The maximum atomic E-state index is 13.3. The quantitative estimate of drug-likeness (QED) is 0.185. The molecule has 1 fully saturated rings. The number of carbonyl (C=O) groups excluding carboxylic acids is 1. The Morgan fingerprint density at radius 3 is 2.75 bits per heavy atom. The summed E-state index contributed by atoms with van der Waals surface area (Å²) >= 11 is 0. The second kappa shape index (κ2) is 10.3. The summed E-state index contributed by atoms with van der Waals surface area (Å²) in [6, 6.07) is 8.86. The Kier molecular flexibility index (Phi) is 7.33. The lowest BCUT2D eigenvalue weighted by atomic mass is 9.77. The fraction of sp³-hybridized carbons (Fsp3) is 0.318. The molecule has 0 radical (unpaired) electrons. The van der Waals surface area contributed by atoms with Gasteiger partial charge in [-0.05, 0) is 43.9 Å². The number of nitrogens with zero attached hydrogens (tertiary/aromatic N) is 3. The van der Waals surface area contributed by atoms with Crippen molar-refractivity contribution < 1.29 is 9.18 Å². The van der Waals surface area contributed by atoms with Gasteiger partial charge in [-0.15, -0.1) is 0 Å². The summed E-state index contributed by atoms with van der Waals surface area (Å²) in [5.74, 6) is -1.81. The predicted octanol–water partition coefficient (Wildman–Crippen LogP) is 2.67. The van der Waals surface area contributed by atoms with E-state index in [4.69, 9.17) is 11.1 Å². The first-order valence-corrected chi connectivity index (χ1v) is 10.2. The van der Waals surface area contributed by atoms with Crippen molar-refractivity contribution in [2.24, 2.45) is 5.73 Å². The molecule has 0 unspecified atom stereocenters. The minimum absolute atomic E-state index is 0.102. The van der Waals surface area contributed by atoms with E-state index in [1.165, 1.54) is 18.5 Å². The summed E-state index contributed by atoms with van der Waals surface area (Å²) in [5.41, 5.74) is 6.04.